The summed E-state index contributed by atoms with van der Waals surface area (Å²) in [6.07, 6.45) is 3.36. The molecule has 0 aliphatic carbocycles. The zero-order chi connectivity index (χ0) is 21.0. The number of rotatable bonds is 5. The van der Waals surface area contributed by atoms with Crippen molar-refractivity contribution in [2.45, 2.75) is 20.8 Å². The minimum Gasteiger partial charge on any atom is -0.378 e. The Bertz CT molecular complexity index is 906. The van der Waals surface area contributed by atoms with Gasteiger partial charge in [-0.2, -0.15) is 0 Å². The Labute approximate surface area is 172 Å². The van der Waals surface area contributed by atoms with E-state index in [0.29, 0.717) is 26.3 Å². The summed E-state index contributed by atoms with van der Waals surface area (Å²) in [6, 6.07) is 10.4. The van der Waals surface area contributed by atoms with E-state index in [-0.39, 0.29) is 18.4 Å². The van der Waals surface area contributed by atoms with E-state index < -0.39 is 0 Å². The fraction of sp³-hybridized carbons (Fsp3) is 0.391. The summed E-state index contributed by atoms with van der Waals surface area (Å²) < 4.78 is 7.44. The quantitative estimate of drug-likeness (QED) is 0.732. The molecule has 1 fully saturated rings. The zero-order valence-corrected chi connectivity index (χ0v) is 17.6. The number of likely N-dealkylation sites (N-methyl/N-ethyl adjacent to an activating group) is 1. The number of ether oxygens (including phenoxy) is 1. The average Bonchev–Trinajstić information content (AvgIpc) is 3.00. The molecule has 6 nitrogen and oxygen atoms in total. The SMILES string of the molecule is Cc1ccc(-n2c(C)cc(C=CC(=O)N(C)CC(=O)N3CCOCC3)c2C)cc1. The summed E-state index contributed by atoms with van der Waals surface area (Å²) in [5, 5.41) is 0. The maximum Gasteiger partial charge on any atom is 0.246 e. The number of benzene rings is 1. The molecule has 0 bridgehead atoms. The first kappa shape index (κ1) is 20.9. The molecular formula is C23H29N3O3. The summed E-state index contributed by atoms with van der Waals surface area (Å²) >= 11 is 0. The van der Waals surface area contributed by atoms with Gasteiger partial charge in [-0.1, -0.05) is 17.7 Å². The van der Waals surface area contributed by atoms with Crippen LogP contribution in [0.25, 0.3) is 11.8 Å². The molecule has 1 aliphatic rings. The highest BCUT2D eigenvalue weighted by Crippen LogP contribution is 2.22. The Balaban J connectivity index is 1.67. The Morgan fingerprint density at radius 2 is 1.76 bits per heavy atom. The van der Waals surface area contributed by atoms with Gasteiger partial charge in [0.15, 0.2) is 0 Å². The highest BCUT2D eigenvalue weighted by atomic mass is 16.5. The number of carbonyl (C=O) groups is 2. The smallest absolute Gasteiger partial charge is 0.246 e. The first-order chi connectivity index (χ1) is 13.9. The number of nitrogens with zero attached hydrogens (tertiary/aromatic N) is 3. The lowest BCUT2D eigenvalue weighted by molar-refractivity contribution is -0.140. The average molecular weight is 396 g/mol. The van der Waals surface area contributed by atoms with Gasteiger partial charge in [0, 0.05) is 43.3 Å². The molecule has 0 unspecified atom stereocenters. The second-order valence-corrected chi connectivity index (χ2v) is 7.52. The molecular weight excluding hydrogens is 366 g/mol. The van der Waals surface area contributed by atoms with Crippen LogP contribution in [0, 0.1) is 20.8 Å². The third-order valence-corrected chi connectivity index (χ3v) is 5.28. The van der Waals surface area contributed by atoms with E-state index in [2.05, 4.69) is 48.7 Å². The van der Waals surface area contributed by atoms with Gasteiger partial charge in [-0.25, -0.2) is 0 Å². The van der Waals surface area contributed by atoms with Crippen LogP contribution in [0.15, 0.2) is 36.4 Å². The van der Waals surface area contributed by atoms with Crippen LogP contribution in [0.2, 0.25) is 0 Å². The van der Waals surface area contributed by atoms with Crippen molar-refractivity contribution in [2.24, 2.45) is 0 Å². The van der Waals surface area contributed by atoms with E-state index in [9.17, 15) is 9.59 Å². The van der Waals surface area contributed by atoms with E-state index in [1.165, 1.54) is 16.5 Å². The summed E-state index contributed by atoms with van der Waals surface area (Å²) in [5.74, 6) is -0.234. The lowest BCUT2D eigenvalue weighted by atomic mass is 10.2. The number of carbonyl (C=O) groups excluding carboxylic acids is 2. The molecule has 6 heteroatoms. The Kier molecular flexibility index (Phi) is 6.54. The van der Waals surface area contributed by atoms with Gasteiger partial charge in [0.25, 0.3) is 0 Å². The van der Waals surface area contributed by atoms with Crippen LogP contribution < -0.4 is 0 Å². The Hall–Kier alpha value is -2.86. The lowest BCUT2D eigenvalue weighted by Crippen LogP contribution is -2.45. The van der Waals surface area contributed by atoms with Crippen LogP contribution in [0.5, 0.6) is 0 Å². The predicted octanol–water partition coefficient (Wildman–Crippen LogP) is 2.73. The normalized spacial score (nSPS) is 14.4. The van der Waals surface area contributed by atoms with Gasteiger partial charge in [0.1, 0.15) is 0 Å². The summed E-state index contributed by atoms with van der Waals surface area (Å²) in [5.41, 5.74) is 5.49. The van der Waals surface area contributed by atoms with Crippen molar-refractivity contribution < 1.29 is 14.3 Å². The predicted molar refractivity (Wildman–Crippen MR) is 114 cm³/mol. The van der Waals surface area contributed by atoms with Crippen molar-refractivity contribution in [3.05, 3.63) is 58.9 Å². The van der Waals surface area contributed by atoms with Crippen molar-refractivity contribution in [1.82, 2.24) is 14.4 Å². The molecule has 2 heterocycles. The van der Waals surface area contributed by atoms with Crippen molar-refractivity contribution >= 4 is 17.9 Å². The Morgan fingerprint density at radius 1 is 1.10 bits per heavy atom. The number of aromatic nitrogens is 1. The van der Waals surface area contributed by atoms with Gasteiger partial charge < -0.3 is 19.1 Å². The second-order valence-electron chi connectivity index (χ2n) is 7.52. The molecule has 0 N–H and O–H groups in total. The van der Waals surface area contributed by atoms with E-state index in [4.69, 9.17) is 4.74 Å². The molecule has 2 aromatic rings. The van der Waals surface area contributed by atoms with Crippen LogP contribution in [-0.2, 0) is 14.3 Å². The van der Waals surface area contributed by atoms with Gasteiger partial charge in [0.2, 0.25) is 11.8 Å². The molecule has 0 atom stereocenters. The number of morpholine rings is 1. The molecule has 0 saturated carbocycles. The van der Waals surface area contributed by atoms with Crippen LogP contribution >= 0.6 is 0 Å². The van der Waals surface area contributed by atoms with E-state index in [1.807, 2.05) is 13.0 Å². The van der Waals surface area contributed by atoms with E-state index in [1.54, 1.807) is 11.9 Å². The van der Waals surface area contributed by atoms with Crippen LogP contribution in [-0.4, -0.2) is 66.1 Å². The lowest BCUT2D eigenvalue weighted by Gasteiger charge is -2.28. The summed E-state index contributed by atoms with van der Waals surface area (Å²) in [6.45, 7) is 8.52. The molecule has 1 aromatic carbocycles. The topological polar surface area (TPSA) is 54.8 Å². The fourth-order valence-corrected chi connectivity index (χ4v) is 3.53. The van der Waals surface area contributed by atoms with Crippen LogP contribution in [0.3, 0.4) is 0 Å². The van der Waals surface area contributed by atoms with Crippen molar-refractivity contribution in [3.8, 4) is 5.69 Å². The molecule has 3 rings (SSSR count). The van der Waals surface area contributed by atoms with Gasteiger partial charge in [-0.15, -0.1) is 0 Å². The van der Waals surface area contributed by atoms with Gasteiger partial charge in [-0.3, -0.25) is 9.59 Å². The molecule has 154 valence electrons. The monoisotopic (exact) mass is 395 g/mol. The van der Waals surface area contributed by atoms with Crippen molar-refractivity contribution in [1.29, 1.82) is 0 Å². The highest BCUT2D eigenvalue weighted by molar-refractivity contribution is 5.94. The van der Waals surface area contributed by atoms with Gasteiger partial charge in [0.05, 0.1) is 19.8 Å². The highest BCUT2D eigenvalue weighted by Gasteiger charge is 2.19. The molecule has 1 aliphatic heterocycles. The van der Waals surface area contributed by atoms with Gasteiger partial charge in [-0.05, 0) is 50.6 Å². The summed E-state index contributed by atoms with van der Waals surface area (Å²) in [4.78, 5) is 28.0. The molecule has 29 heavy (non-hydrogen) atoms. The van der Waals surface area contributed by atoms with Crippen LogP contribution in [0.4, 0.5) is 0 Å². The number of amides is 2. The first-order valence-corrected chi connectivity index (χ1v) is 9.91. The number of hydrogen-bond donors (Lipinski definition) is 0. The van der Waals surface area contributed by atoms with E-state index >= 15 is 0 Å². The molecule has 2 amide bonds. The molecule has 0 spiro atoms. The van der Waals surface area contributed by atoms with E-state index in [0.717, 1.165) is 22.6 Å². The summed E-state index contributed by atoms with van der Waals surface area (Å²) in [7, 11) is 1.65. The van der Waals surface area contributed by atoms with Gasteiger partial charge >= 0.3 is 0 Å². The molecule has 1 saturated heterocycles. The Morgan fingerprint density at radius 3 is 2.41 bits per heavy atom. The molecule has 0 radical (unpaired) electrons. The third kappa shape index (κ3) is 4.95. The fourth-order valence-electron chi connectivity index (χ4n) is 3.53. The molecule has 1 aromatic heterocycles. The minimum atomic E-state index is -0.188. The first-order valence-electron chi connectivity index (χ1n) is 9.91. The number of aryl methyl sites for hydroxylation is 2. The van der Waals surface area contributed by atoms with Crippen molar-refractivity contribution in [2.75, 3.05) is 39.9 Å². The maximum atomic E-state index is 12.5. The third-order valence-electron chi connectivity index (χ3n) is 5.28. The second kappa shape index (κ2) is 9.09. The largest absolute Gasteiger partial charge is 0.378 e. The standard InChI is InChI=1S/C23H29N3O3/c1-17-5-8-21(9-6-17)26-18(2)15-20(19(26)3)7-10-22(27)24(4)16-23(28)25-11-13-29-14-12-25/h5-10,15H,11-14,16H2,1-4H3. The zero-order valence-electron chi connectivity index (χ0n) is 17.6. The van der Waals surface area contributed by atoms with Crippen molar-refractivity contribution in [3.63, 3.8) is 0 Å². The van der Waals surface area contributed by atoms with Crippen LogP contribution in [0.1, 0.15) is 22.5 Å². The number of hydrogen-bond acceptors (Lipinski definition) is 3. The maximum absolute atomic E-state index is 12.5. The minimum absolute atomic E-state index is 0.0462.